The monoisotopic (exact) mass is 618 g/mol. The number of sulfone groups is 1. The molecule has 0 atom stereocenters. The smallest absolute Gasteiger partial charge is 0.501 e. The highest BCUT2D eigenvalue weighted by molar-refractivity contribution is 7.96. The third-order valence-electron chi connectivity index (χ3n) is 7.91. The van der Waals surface area contributed by atoms with Crippen LogP contribution in [0.1, 0.15) is 63.2 Å². The lowest BCUT2D eigenvalue weighted by Gasteiger charge is -2.38. The molecule has 1 aliphatic rings. The van der Waals surface area contributed by atoms with Gasteiger partial charge in [0.15, 0.2) is 5.78 Å². The Morgan fingerprint density at radius 3 is 1.90 bits per heavy atom. The van der Waals surface area contributed by atoms with Gasteiger partial charge in [0.25, 0.3) is 18.2 Å². The van der Waals surface area contributed by atoms with Crippen molar-refractivity contribution in [3.63, 3.8) is 0 Å². The number of benzene rings is 1. The van der Waals surface area contributed by atoms with Gasteiger partial charge in [0.1, 0.15) is 11.5 Å². The van der Waals surface area contributed by atoms with Gasteiger partial charge in [-0.05, 0) is 60.5 Å². The van der Waals surface area contributed by atoms with Crippen LogP contribution in [0.2, 0.25) is 36.3 Å². The average molecular weight is 619 g/mol. The number of thiophene rings is 1. The highest BCUT2D eigenvalue weighted by Gasteiger charge is 2.49. The number of halogens is 3. The standard InChI is InChI=1S/C27H37F3O5S2Si2/c1-25(2,3)38(7,8)34-17-11-12-19(22(13-17)35-39(9,10)26(4,5)6)24-16-20-21(31)14-18(15-23(20)36-24)37(32,33)27(28,29)30/h11-13,15-16H,14H2,1-10H3. The first-order chi connectivity index (χ1) is 17.4. The number of allylic oxidation sites excluding steroid dienone is 1. The van der Waals surface area contributed by atoms with Crippen LogP contribution in [0, 0.1) is 0 Å². The Hall–Kier alpha value is -1.90. The van der Waals surface area contributed by atoms with Crippen LogP contribution >= 0.6 is 11.3 Å². The predicted octanol–water partition coefficient (Wildman–Crippen LogP) is 9.04. The SMILES string of the molecule is CC(C)(C)[Si](C)(C)Oc1ccc(-c2cc3c(s2)C=C(S(=O)(=O)C(F)(F)F)CC3=O)c(O[Si](C)(C)C(C)(C)C)c1. The van der Waals surface area contributed by atoms with Crippen molar-refractivity contribution in [1.82, 2.24) is 0 Å². The zero-order valence-corrected chi connectivity index (χ0v) is 27.7. The Kier molecular flexibility index (Phi) is 8.01. The number of carbonyl (C=O) groups excluding carboxylic acids is 1. The highest BCUT2D eigenvalue weighted by Crippen LogP contribution is 2.47. The largest absolute Gasteiger partial charge is 0.543 e. The van der Waals surface area contributed by atoms with Crippen LogP contribution in [0.25, 0.3) is 16.5 Å². The minimum absolute atomic E-state index is 0.0277. The average Bonchev–Trinajstić information content (AvgIpc) is 3.15. The highest BCUT2D eigenvalue weighted by atomic mass is 32.2. The fourth-order valence-electron chi connectivity index (χ4n) is 3.36. The van der Waals surface area contributed by atoms with Crippen molar-refractivity contribution in [2.45, 2.75) is 89.7 Å². The number of alkyl halides is 3. The second-order valence-corrected chi connectivity index (χ2v) is 25.5. The molecule has 0 bridgehead atoms. The molecule has 0 aliphatic heterocycles. The summed E-state index contributed by atoms with van der Waals surface area (Å²) in [5, 5.41) is -0.144. The lowest BCUT2D eigenvalue weighted by molar-refractivity contribution is -0.0426. The number of hydrogen-bond donors (Lipinski definition) is 0. The van der Waals surface area contributed by atoms with Gasteiger partial charge in [-0.1, -0.05) is 41.5 Å². The third-order valence-corrected chi connectivity index (χ3v) is 19.3. The molecule has 1 aliphatic carbocycles. The molecule has 0 spiro atoms. The Bertz CT molecular complexity index is 1420. The zero-order chi connectivity index (χ0) is 30.0. The molecule has 1 heterocycles. The molecule has 0 radical (unpaired) electrons. The maximum Gasteiger partial charge on any atom is 0.501 e. The molecule has 5 nitrogen and oxygen atoms in total. The van der Waals surface area contributed by atoms with Crippen molar-refractivity contribution in [2.75, 3.05) is 0 Å². The molecule has 0 N–H and O–H groups in total. The minimum Gasteiger partial charge on any atom is -0.543 e. The van der Waals surface area contributed by atoms with E-state index in [9.17, 15) is 26.4 Å². The summed E-state index contributed by atoms with van der Waals surface area (Å²) in [5.41, 5.74) is -4.60. The summed E-state index contributed by atoms with van der Waals surface area (Å²) >= 11 is 1.07. The van der Waals surface area contributed by atoms with Crippen LogP contribution in [0.3, 0.4) is 0 Å². The molecule has 39 heavy (non-hydrogen) atoms. The minimum atomic E-state index is -5.60. The summed E-state index contributed by atoms with van der Waals surface area (Å²) in [7, 11) is -10.1. The molecule has 0 saturated carbocycles. The molecule has 12 heteroatoms. The van der Waals surface area contributed by atoms with Gasteiger partial charge in [-0.15, -0.1) is 11.3 Å². The number of rotatable bonds is 6. The molecule has 1 aromatic heterocycles. The number of Topliss-reactive ketones (excluding diaryl/α,β-unsaturated/α-hetero) is 1. The van der Waals surface area contributed by atoms with Crippen molar-refractivity contribution in [3.05, 3.63) is 39.6 Å². The fourth-order valence-corrected chi connectivity index (χ4v) is 7.55. The molecule has 0 amide bonds. The molecule has 0 unspecified atom stereocenters. The first-order valence-corrected chi connectivity index (χ1v) is 20.7. The van der Waals surface area contributed by atoms with E-state index in [1.807, 2.05) is 18.2 Å². The van der Waals surface area contributed by atoms with Gasteiger partial charge in [0.05, 0.1) is 4.91 Å². The number of fused-ring (bicyclic) bond motifs is 1. The summed E-state index contributed by atoms with van der Waals surface area (Å²) in [5.74, 6) is 0.563. The van der Waals surface area contributed by atoms with Crippen LogP contribution < -0.4 is 8.85 Å². The number of ketones is 1. The third kappa shape index (κ3) is 6.23. The van der Waals surface area contributed by atoms with Crippen LogP contribution in [0.4, 0.5) is 13.2 Å². The molecule has 0 fully saturated rings. The Morgan fingerprint density at radius 1 is 0.846 bits per heavy atom. The Labute approximate surface area is 235 Å². The fraction of sp³-hybridized carbons (Fsp3) is 0.519. The molecule has 3 rings (SSSR count). The van der Waals surface area contributed by atoms with E-state index in [0.29, 0.717) is 21.9 Å². The van der Waals surface area contributed by atoms with Gasteiger partial charge in [-0.2, -0.15) is 13.2 Å². The molecule has 216 valence electrons. The van der Waals surface area contributed by atoms with Gasteiger partial charge in [-0.3, -0.25) is 4.79 Å². The predicted molar refractivity (Wildman–Crippen MR) is 157 cm³/mol. The van der Waals surface area contributed by atoms with E-state index in [4.69, 9.17) is 8.85 Å². The number of hydrogen-bond acceptors (Lipinski definition) is 6. The van der Waals surface area contributed by atoms with Gasteiger partial charge in [0.2, 0.25) is 8.32 Å². The molecular formula is C27H37F3O5S2Si2. The maximum absolute atomic E-state index is 13.2. The zero-order valence-electron chi connectivity index (χ0n) is 24.1. The van der Waals surface area contributed by atoms with Crippen LogP contribution in [-0.2, 0) is 9.84 Å². The van der Waals surface area contributed by atoms with Crippen LogP contribution in [0.15, 0.2) is 29.2 Å². The normalized spacial score (nSPS) is 15.6. The lowest BCUT2D eigenvalue weighted by Crippen LogP contribution is -2.44. The summed E-state index contributed by atoms with van der Waals surface area (Å²) in [6.45, 7) is 21.3. The topological polar surface area (TPSA) is 69.7 Å². The van der Waals surface area contributed by atoms with E-state index >= 15 is 0 Å². The summed E-state index contributed by atoms with van der Waals surface area (Å²) in [4.78, 5) is 12.6. The summed E-state index contributed by atoms with van der Waals surface area (Å²) in [6, 6.07) is 7.14. The second kappa shape index (κ2) is 9.88. The quantitative estimate of drug-likeness (QED) is 0.302. The second-order valence-electron chi connectivity index (χ2n) is 12.9. The summed E-state index contributed by atoms with van der Waals surface area (Å²) < 4.78 is 76.7. The van der Waals surface area contributed by atoms with E-state index in [0.717, 1.165) is 17.4 Å². The van der Waals surface area contributed by atoms with Gasteiger partial charge in [-0.25, -0.2) is 8.42 Å². The van der Waals surface area contributed by atoms with Gasteiger partial charge >= 0.3 is 5.51 Å². The first kappa shape index (κ1) is 31.6. The van der Waals surface area contributed by atoms with Gasteiger partial charge in [0, 0.05) is 33.4 Å². The van der Waals surface area contributed by atoms with Crippen LogP contribution in [-0.4, -0.2) is 36.3 Å². The first-order valence-electron chi connectivity index (χ1n) is 12.6. The Balaban J connectivity index is 2.16. The maximum atomic E-state index is 13.2. The van der Waals surface area contributed by atoms with E-state index in [1.54, 1.807) is 6.07 Å². The Morgan fingerprint density at radius 2 is 1.38 bits per heavy atom. The lowest BCUT2D eigenvalue weighted by atomic mass is 10.0. The number of carbonyl (C=O) groups is 1. The molecule has 1 aromatic carbocycles. The molecular weight excluding hydrogens is 582 g/mol. The molecule has 0 saturated heterocycles. The van der Waals surface area contributed by atoms with Crippen molar-refractivity contribution in [1.29, 1.82) is 0 Å². The van der Waals surface area contributed by atoms with E-state index in [1.165, 1.54) is 0 Å². The van der Waals surface area contributed by atoms with E-state index in [2.05, 4.69) is 67.7 Å². The van der Waals surface area contributed by atoms with Crippen molar-refractivity contribution < 1.29 is 35.2 Å². The molecule has 2 aromatic rings. The van der Waals surface area contributed by atoms with Crippen molar-refractivity contribution in [2.24, 2.45) is 0 Å². The van der Waals surface area contributed by atoms with Crippen molar-refractivity contribution >= 4 is 49.7 Å². The van der Waals surface area contributed by atoms with Gasteiger partial charge < -0.3 is 8.85 Å². The van der Waals surface area contributed by atoms with Crippen LogP contribution in [0.5, 0.6) is 11.5 Å². The summed E-state index contributed by atoms with van der Waals surface area (Å²) in [6.07, 6.45) is 0.147. The van der Waals surface area contributed by atoms with E-state index < -0.39 is 49.1 Å². The van der Waals surface area contributed by atoms with Crippen molar-refractivity contribution in [3.8, 4) is 21.9 Å². The van der Waals surface area contributed by atoms with E-state index in [-0.39, 0.29) is 20.5 Å².